The Morgan fingerprint density at radius 1 is 0.968 bits per heavy atom. The van der Waals surface area contributed by atoms with Crippen molar-refractivity contribution in [3.05, 3.63) is 101 Å². The van der Waals surface area contributed by atoms with Crippen LogP contribution < -0.4 is 9.47 Å². The lowest BCUT2D eigenvalue weighted by molar-refractivity contribution is 0.104. The third kappa shape index (κ3) is 6.08. The van der Waals surface area contributed by atoms with Gasteiger partial charge in [-0.1, -0.05) is 69.3 Å². The van der Waals surface area contributed by atoms with Gasteiger partial charge in [0.25, 0.3) is 0 Å². The van der Waals surface area contributed by atoms with Gasteiger partial charge in [-0.3, -0.25) is 4.79 Å². The molecule has 3 rings (SSSR count). The highest BCUT2D eigenvalue weighted by Gasteiger charge is 2.07. The number of ketones is 1. The average Bonchev–Trinajstić information content (AvgIpc) is 2.81. The summed E-state index contributed by atoms with van der Waals surface area (Å²) in [7, 11) is 1.65. The Bertz CT molecular complexity index is 1030. The summed E-state index contributed by atoms with van der Waals surface area (Å²) in [5, 5.41) is 0. The molecule has 0 radical (unpaired) electrons. The predicted octanol–water partition coefficient (Wildman–Crippen LogP) is 6.86. The van der Waals surface area contributed by atoms with Crippen molar-refractivity contribution in [1.82, 2.24) is 0 Å². The Labute approximate surface area is 185 Å². The third-order valence-corrected chi connectivity index (χ3v) is 5.32. The fraction of sp³-hybridized carbons (Fsp3) is 0.250. The van der Waals surface area contributed by atoms with Gasteiger partial charge in [0.05, 0.1) is 7.11 Å². The molecule has 0 fully saturated rings. The SMILES string of the molecule is CCc1ccc(OCc2cc(/C=C/C(=O)c3ccc(C(C)C)cc3)ccc2OC)cc1. The second kappa shape index (κ2) is 10.6. The first-order chi connectivity index (χ1) is 15.0. The lowest BCUT2D eigenvalue weighted by atomic mass is 10.00. The van der Waals surface area contributed by atoms with E-state index < -0.39 is 0 Å². The minimum absolute atomic E-state index is 0.0139. The largest absolute Gasteiger partial charge is 0.496 e. The molecular weight excluding hydrogens is 384 g/mol. The molecule has 3 nitrogen and oxygen atoms in total. The molecule has 0 N–H and O–H groups in total. The van der Waals surface area contributed by atoms with Crippen LogP contribution in [0.2, 0.25) is 0 Å². The number of methoxy groups -OCH3 is 1. The highest BCUT2D eigenvalue weighted by atomic mass is 16.5. The van der Waals surface area contributed by atoms with Gasteiger partial charge in [0.2, 0.25) is 0 Å². The van der Waals surface area contributed by atoms with Gasteiger partial charge in [-0.2, -0.15) is 0 Å². The summed E-state index contributed by atoms with van der Waals surface area (Å²) in [4.78, 5) is 12.5. The van der Waals surface area contributed by atoms with Crippen LogP contribution in [-0.2, 0) is 13.0 Å². The van der Waals surface area contributed by atoms with E-state index in [1.54, 1.807) is 13.2 Å². The zero-order valence-electron chi connectivity index (χ0n) is 18.7. The molecule has 3 heteroatoms. The topological polar surface area (TPSA) is 35.5 Å². The molecule has 0 bridgehead atoms. The molecule has 0 aliphatic rings. The first-order valence-electron chi connectivity index (χ1n) is 10.7. The molecular formula is C28H30O3. The predicted molar refractivity (Wildman–Crippen MR) is 127 cm³/mol. The van der Waals surface area contributed by atoms with Crippen molar-refractivity contribution < 1.29 is 14.3 Å². The number of benzene rings is 3. The first kappa shape index (κ1) is 22.4. The van der Waals surface area contributed by atoms with Crippen LogP contribution in [0.3, 0.4) is 0 Å². The summed E-state index contributed by atoms with van der Waals surface area (Å²) in [6, 6.07) is 21.8. The van der Waals surface area contributed by atoms with Crippen molar-refractivity contribution in [2.75, 3.05) is 7.11 Å². The zero-order valence-corrected chi connectivity index (χ0v) is 18.7. The summed E-state index contributed by atoms with van der Waals surface area (Å²) >= 11 is 0. The van der Waals surface area contributed by atoms with Crippen molar-refractivity contribution in [1.29, 1.82) is 0 Å². The minimum atomic E-state index is -0.0139. The number of carbonyl (C=O) groups excluding carboxylic acids is 1. The fourth-order valence-electron chi connectivity index (χ4n) is 3.30. The first-order valence-corrected chi connectivity index (χ1v) is 10.7. The Kier molecular flexibility index (Phi) is 7.66. The quantitative estimate of drug-likeness (QED) is 0.283. The molecule has 0 unspecified atom stereocenters. The molecule has 0 saturated carbocycles. The second-order valence-electron chi connectivity index (χ2n) is 7.83. The van der Waals surface area contributed by atoms with E-state index in [1.165, 1.54) is 11.1 Å². The minimum Gasteiger partial charge on any atom is -0.496 e. The van der Waals surface area contributed by atoms with Crippen molar-refractivity contribution in [2.45, 2.75) is 39.7 Å². The third-order valence-electron chi connectivity index (χ3n) is 5.32. The summed E-state index contributed by atoms with van der Waals surface area (Å²) in [6.45, 7) is 6.80. The Morgan fingerprint density at radius 3 is 2.29 bits per heavy atom. The number of ether oxygens (including phenoxy) is 2. The van der Waals surface area contributed by atoms with Crippen LogP contribution in [0.5, 0.6) is 11.5 Å². The summed E-state index contributed by atoms with van der Waals surface area (Å²) in [5.74, 6) is 2.02. The molecule has 0 aromatic heterocycles. The molecule has 0 spiro atoms. The molecule has 3 aromatic rings. The van der Waals surface area contributed by atoms with Crippen LogP contribution in [-0.4, -0.2) is 12.9 Å². The number of allylic oxidation sites excluding steroid dienone is 1. The van der Waals surface area contributed by atoms with Gasteiger partial charge in [-0.25, -0.2) is 0 Å². The Balaban J connectivity index is 1.70. The van der Waals surface area contributed by atoms with Gasteiger partial charge >= 0.3 is 0 Å². The monoisotopic (exact) mass is 414 g/mol. The van der Waals surface area contributed by atoms with Gasteiger partial charge in [0.15, 0.2) is 5.78 Å². The Hall–Kier alpha value is -3.33. The number of aryl methyl sites for hydroxylation is 1. The highest BCUT2D eigenvalue weighted by molar-refractivity contribution is 6.06. The average molecular weight is 415 g/mol. The van der Waals surface area contributed by atoms with E-state index in [1.807, 2.05) is 60.7 Å². The molecule has 0 saturated heterocycles. The van der Waals surface area contributed by atoms with Crippen LogP contribution >= 0.6 is 0 Å². The van der Waals surface area contributed by atoms with Crippen LogP contribution in [0.25, 0.3) is 6.08 Å². The molecule has 31 heavy (non-hydrogen) atoms. The van der Waals surface area contributed by atoms with Crippen molar-refractivity contribution in [3.63, 3.8) is 0 Å². The standard InChI is InChI=1S/C28H30O3/c1-5-21-6-14-26(15-7-21)31-19-25-18-22(9-17-28(25)30-4)8-16-27(29)24-12-10-23(11-13-24)20(2)3/h6-18,20H,5,19H2,1-4H3/b16-8+. The number of hydrogen-bond acceptors (Lipinski definition) is 3. The van der Waals surface area contributed by atoms with Crippen LogP contribution in [0.15, 0.2) is 72.8 Å². The normalized spacial score (nSPS) is 11.1. The summed E-state index contributed by atoms with van der Waals surface area (Å²) < 4.78 is 11.4. The van der Waals surface area contributed by atoms with Crippen molar-refractivity contribution >= 4 is 11.9 Å². The second-order valence-corrected chi connectivity index (χ2v) is 7.83. The highest BCUT2D eigenvalue weighted by Crippen LogP contribution is 2.23. The van der Waals surface area contributed by atoms with Crippen molar-refractivity contribution in [2.24, 2.45) is 0 Å². The fourth-order valence-corrected chi connectivity index (χ4v) is 3.30. The molecule has 3 aromatic carbocycles. The smallest absolute Gasteiger partial charge is 0.185 e. The maximum Gasteiger partial charge on any atom is 0.185 e. The van der Waals surface area contributed by atoms with E-state index >= 15 is 0 Å². The lowest BCUT2D eigenvalue weighted by Crippen LogP contribution is -2.00. The zero-order chi connectivity index (χ0) is 22.2. The number of carbonyl (C=O) groups is 1. The van der Waals surface area contributed by atoms with Gasteiger partial charge in [-0.15, -0.1) is 0 Å². The van der Waals surface area contributed by atoms with E-state index in [0.717, 1.165) is 29.0 Å². The van der Waals surface area contributed by atoms with Crippen LogP contribution in [0.4, 0.5) is 0 Å². The van der Waals surface area contributed by atoms with Gasteiger partial charge < -0.3 is 9.47 Å². The maximum atomic E-state index is 12.5. The molecule has 0 aliphatic heterocycles. The van der Waals surface area contributed by atoms with E-state index in [9.17, 15) is 4.79 Å². The number of rotatable bonds is 9. The molecule has 0 aliphatic carbocycles. The summed E-state index contributed by atoms with van der Waals surface area (Å²) in [6.07, 6.45) is 4.45. The Morgan fingerprint density at radius 2 is 1.68 bits per heavy atom. The van der Waals surface area contributed by atoms with Crippen LogP contribution in [0, 0.1) is 0 Å². The molecule has 160 valence electrons. The van der Waals surface area contributed by atoms with Gasteiger partial charge in [0, 0.05) is 11.1 Å². The van der Waals surface area contributed by atoms with E-state index in [0.29, 0.717) is 18.1 Å². The van der Waals surface area contributed by atoms with Crippen LogP contribution in [0.1, 0.15) is 59.3 Å². The van der Waals surface area contributed by atoms with E-state index in [4.69, 9.17) is 9.47 Å². The molecule has 0 heterocycles. The van der Waals surface area contributed by atoms with Gasteiger partial charge in [0.1, 0.15) is 18.1 Å². The maximum absolute atomic E-state index is 12.5. The molecule has 0 atom stereocenters. The van der Waals surface area contributed by atoms with Gasteiger partial charge in [-0.05, 0) is 59.4 Å². The van der Waals surface area contributed by atoms with E-state index in [-0.39, 0.29) is 5.78 Å². The molecule has 0 amide bonds. The lowest BCUT2D eigenvalue weighted by Gasteiger charge is -2.11. The van der Waals surface area contributed by atoms with E-state index in [2.05, 4.69) is 32.9 Å². The summed E-state index contributed by atoms with van der Waals surface area (Å²) in [5.41, 5.74) is 5.05. The van der Waals surface area contributed by atoms with Crippen molar-refractivity contribution in [3.8, 4) is 11.5 Å². The number of hydrogen-bond donors (Lipinski definition) is 0.